The maximum atomic E-state index is 12.7. The predicted molar refractivity (Wildman–Crippen MR) is 115 cm³/mol. The molecule has 0 atom stereocenters. The smallest absolute Gasteiger partial charge is 0.293 e. The molecule has 2 saturated heterocycles. The van der Waals surface area contributed by atoms with Gasteiger partial charge in [0.05, 0.1) is 4.91 Å². The number of aromatic nitrogens is 1. The number of fused-ring (bicyclic) bond motifs is 1. The number of likely N-dealkylation sites (tertiary alicyclic amines) is 1. The normalized spacial score (nSPS) is 18.6. The van der Waals surface area contributed by atoms with Gasteiger partial charge >= 0.3 is 0 Å². The molecule has 2 aliphatic rings. The Kier molecular flexibility index (Phi) is 5.76. The Hall–Kier alpha value is -2.54. The van der Waals surface area contributed by atoms with Crippen LogP contribution in [0.5, 0.6) is 0 Å². The molecule has 1 aromatic carbocycles. The molecule has 0 saturated carbocycles. The van der Waals surface area contributed by atoms with Gasteiger partial charge in [0.15, 0.2) is 0 Å². The Morgan fingerprint density at radius 1 is 1.17 bits per heavy atom. The van der Waals surface area contributed by atoms with Crippen molar-refractivity contribution in [2.24, 2.45) is 0 Å². The summed E-state index contributed by atoms with van der Waals surface area (Å²) in [5, 5.41) is 0.768. The van der Waals surface area contributed by atoms with E-state index in [0.29, 0.717) is 11.4 Å². The van der Waals surface area contributed by atoms with Crippen LogP contribution in [0.3, 0.4) is 0 Å². The highest BCUT2D eigenvalue weighted by atomic mass is 32.2. The van der Waals surface area contributed by atoms with E-state index in [2.05, 4.69) is 0 Å². The van der Waals surface area contributed by atoms with E-state index in [4.69, 9.17) is 0 Å². The highest BCUT2D eigenvalue weighted by molar-refractivity contribution is 8.18. The summed E-state index contributed by atoms with van der Waals surface area (Å²) in [6.45, 7) is 4.44. The Bertz CT molecular complexity index is 988. The van der Waals surface area contributed by atoms with Gasteiger partial charge in [-0.25, -0.2) is 0 Å². The minimum absolute atomic E-state index is 0.120. The minimum atomic E-state index is -0.224. The first-order valence-corrected chi connectivity index (χ1v) is 11.0. The maximum absolute atomic E-state index is 12.7. The third kappa shape index (κ3) is 3.96. The number of amides is 3. The highest BCUT2D eigenvalue weighted by Gasteiger charge is 2.34. The van der Waals surface area contributed by atoms with Crippen LogP contribution in [0.1, 0.15) is 38.2 Å². The quantitative estimate of drug-likeness (QED) is 0.672. The molecule has 0 spiro atoms. The molecule has 3 amide bonds. The largest absolute Gasteiger partial charge is 0.341 e. The van der Waals surface area contributed by atoms with Crippen LogP contribution >= 0.6 is 11.8 Å². The number of rotatable bonds is 6. The zero-order valence-electron chi connectivity index (χ0n) is 16.6. The van der Waals surface area contributed by atoms with Crippen LogP contribution in [-0.4, -0.2) is 51.1 Å². The van der Waals surface area contributed by atoms with Crippen LogP contribution in [0.15, 0.2) is 35.4 Å². The standard InChI is InChI=1S/C22H25N3O3S/c1-2-3-12-25-21(27)19(29-22(25)28)13-16-14-24(18-9-5-4-8-17(16)18)15-20(26)23-10-6-7-11-23/h4-5,8-9,13-14H,2-3,6-7,10-12,15H2,1H3/b19-13-. The van der Waals surface area contributed by atoms with Gasteiger partial charge in [0, 0.05) is 42.3 Å². The lowest BCUT2D eigenvalue weighted by Crippen LogP contribution is -2.30. The third-order valence-corrected chi connectivity index (χ3v) is 6.39. The van der Waals surface area contributed by atoms with Crippen LogP contribution in [0.4, 0.5) is 4.79 Å². The number of hydrogen-bond acceptors (Lipinski definition) is 4. The summed E-state index contributed by atoms with van der Waals surface area (Å²) in [7, 11) is 0. The molecule has 0 bridgehead atoms. The summed E-state index contributed by atoms with van der Waals surface area (Å²) < 4.78 is 1.95. The lowest BCUT2D eigenvalue weighted by molar-refractivity contribution is -0.130. The van der Waals surface area contributed by atoms with Crippen molar-refractivity contribution in [3.63, 3.8) is 0 Å². The monoisotopic (exact) mass is 411 g/mol. The average molecular weight is 412 g/mol. The van der Waals surface area contributed by atoms with Crippen LogP contribution in [0, 0.1) is 0 Å². The summed E-state index contributed by atoms with van der Waals surface area (Å²) in [5.41, 5.74) is 1.81. The summed E-state index contributed by atoms with van der Waals surface area (Å²) in [5.74, 6) is -0.104. The number of benzene rings is 1. The van der Waals surface area contributed by atoms with Crippen LogP contribution in [-0.2, 0) is 16.1 Å². The Morgan fingerprint density at radius 2 is 1.93 bits per heavy atom. The number of nitrogens with zero attached hydrogens (tertiary/aromatic N) is 3. The van der Waals surface area contributed by atoms with Gasteiger partial charge < -0.3 is 9.47 Å². The Labute approximate surface area is 174 Å². The molecule has 7 heteroatoms. The van der Waals surface area contributed by atoms with E-state index in [1.54, 1.807) is 6.08 Å². The fourth-order valence-electron chi connectivity index (χ4n) is 3.88. The summed E-state index contributed by atoms with van der Waals surface area (Å²) in [4.78, 5) is 41.2. The number of carbonyl (C=O) groups is 3. The molecule has 4 rings (SSSR count). The second-order valence-electron chi connectivity index (χ2n) is 7.50. The molecular weight excluding hydrogens is 386 g/mol. The first kappa shape index (κ1) is 19.8. The number of thioether (sulfide) groups is 1. The van der Waals surface area contributed by atoms with Gasteiger partial charge in [0.2, 0.25) is 5.91 Å². The number of hydrogen-bond donors (Lipinski definition) is 0. The Balaban J connectivity index is 1.63. The zero-order chi connectivity index (χ0) is 20.4. The lowest BCUT2D eigenvalue weighted by atomic mass is 10.1. The van der Waals surface area contributed by atoms with Crippen molar-refractivity contribution >= 4 is 45.8 Å². The highest BCUT2D eigenvalue weighted by Crippen LogP contribution is 2.34. The van der Waals surface area contributed by atoms with Gasteiger partial charge in [-0.05, 0) is 43.2 Å². The topological polar surface area (TPSA) is 62.6 Å². The third-order valence-electron chi connectivity index (χ3n) is 5.48. The minimum Gasteiger partial charge on any atom is -0.341 e. The van der Waals surface area contributed by atoms with Crippen LogP contribution in [0.25, 0.3) is 17.0 Å². The molecule has 0 unspecified atom stereocenters. The second kappa shape index (κ2) is 8.45. The van der Waals surface area contributed by atoms with Crippen molar-refractivity contribution in [2.75, 3.05) is 19.6 Å². The van der Waals surface area contributed by atoms with E-state index in [9.17, 15) is 14.4 Å². The first-order chi connectivity index (χ1) is 14.1. The molecular formula is C22H25N3O3S. The van der Waals surface area contributed by atoms with E-state index >= 15 is 0 Å². The SMILES string of the molecule is CCCCN1C(=O)S/C(=C\c2cn(CC(=O)N3CCCC3)c3ccccc23)C1=O. The molecule has 0 N–H and O–H groups in total. The number of carbonyl (C=O) groups excluding carboxylic acids is 3. The maximum Gasteiger partial charge on any atom is 0.293 e. The van der Waals surface area contributed by atoms with Gasteiger partial charge in [-0.2, -0.15) is 0 Å². The van der Waals surface area contributed by atoms with E-state index in [1.807, 2.05) is 46.9 Å². The van der Waals surface area contributed by atoms with Gasteiger partial charge in [0.25, 0.3) is 11.1 Å². The molecule has 0 radical (unpaired) electrons. The molecule has 6 nitrogen and oxygen atoms in total. The van der Waals surface area contributed by atoms with Crippen molar-refractivity contribution in [1.82, 2.24) is 14.4 Å². The second-order valence-corrected chi connectivity index (χ2v) is 8.50. The average Bonchev–Trinajstić information content (AvgIpc) is 3.42. The number of imide groups is 1. The summed E-state index contributed by atoms with van der Waals surface area (Å²) in [6.07, 6.45) is 7.58. The van der Waals surface area contributed by atoms with Crippen LogP contribution < -0.4 is 0 Å². The van der Waals surface area contributed by atoms with Crippen LogP contribution in [0.2, 0.25) is 0 Å². The Morgan fingerprint density at radius 3 is 2.69 bits per heavy atom. The molecule has 2 fully saturated rings. The van der Waals surface area contributed by atoms with E-state index < -0.39 is 0 Å². The number of para-hydroxylation sites is 1. The fraction of sp³-hybridized carbons (Fsp3) is 0.409. The number of unbranched alkanes of at least 4 members (excludes halogenated alkanes) is 1. The lowest BCUT2D eigenvalue weighted by Gasteiger charge is -2.15. The van der Waals surface area contributed by atoms with Gasteiger partial charge in [-0.3, -0.25) is 19.3 Å². The summed E-state index contributed by atoms with van der Waals surface area (Å²) in [6, 6.07) is 7.86. The molecule has 0 aliphatic carbocycles. The van der Waals surface area contributed by atoms with Crippen molar-refractivity contribution in [3.05, 3.63) is 40.9 Å². The van der Waals surface area contributed by atoms with Crippen molar-refractivity contribution < 1.29 is 14.4 Å². The van der Waals surface area contributed by atoms with Gasteiger partial charge in [-0.1, -0.05) is 31.5 Å². The fourth-order valence-corrected chi connectivity index (χ4v) is 4.74. The van der Waals surface area contributed by atoms with Gasteiger partial charge in [-0.15, -0.1) is 0 Å². The first-order valence-electron chi connectivity index (χ1n) is 10.2. The van der Waals surface area contributed by atoms with Gasteiger partial charge in [0.1, 0.15) is 6.54 Å². The molecule has 1 aromatic heterocycles. The molecule has 29 heavy (non-hydrogen) atoms. The van der Waals surface area contributed by atoms with E-state index in [1.165, 1.54) is 4.90 Å². The molecule has 2 aromatic rings. The molecule has 2 aliphatic heterocycles. The van der Waals surface area contributed by atoms with Crippen molar-refractivity contribution in [3.8, 4) is 0 Å². The molecule has 3 heterocycles. The van der Waals surface area contributed by atoms with E-state index in [-0.39, 0.29) is 23.6 Å². The van der Waals surface area contributed by atoms with Crippen molar-refractivity contribution in [2.45, 2.75) is 39.2 Å². The zero-order valence-corrected chi connectivity index (χ0v) is 17.4. The molecule has 152 valence electrons. The summed E-state index contributed by atoms with van der Waals surface area (Å²) >= 11 is 0.993. The predicted octanol–water partition coefficient (Wildman–Crippen LogP) is 4.10. The van der Waals surface area contributed by atoms with Crippen molar-refractivity contribution in [1.29, 1.82) is 0 Å². The van der Waals surface area contributed by atoms with E-state index in [0.717, 1.165) is 67.0 Å².